The largest absolute Gasteiger partial charge is 0.420 e. The zero-order valence-electron chi connectivity index (χ0n) is 19.0. The standard InChI is InChI=1S/C26H35N3O3/c30-25-24(19-20-11-13-22(14-12-20)28-15-17-31-18-16-28)32-26(27-21-7-3-1-4-8-21)29(25)23-9-5-2-6-10-23/h11-14,19,21,23H,1-10,15-18H2. The molecule has 2 heterocycles. The van der Waals surface area contributed by atoms with Gasteiger partial charge in [-0.05, 0) is 49.5 Å². The van der Waals surface area contributed by atoms with Gasteiger partial charge in [-0.2, -0.15) is 0 Å². The number of hydrogen-bond acceptors (Lipinski definition) is 5. The molecule has 2 aliphatic carbocycles. The van der Waals surface area contributed by atoms with Crippen LogP contribution in [0.25, 0.3) is 6.08 Å². The number of benzene rings is 1. The minimum atomic E-state index is -0.0243. The van der Waals surface area contributed by atoms with Crippen molar-refractivity contribution in [3.05, 3.63) is 35.6 Å². The van der Waals surface area contributed by atoms with Gasteiger partial charge >= 0.3 is 6.02 Å². The van der Waals surface area contributed by atoms with Crippen molar-refractivity contribution in [2.45, 2.75) is 76.3 Å². The van der Waals surface area contributed by atoms with Crippen molar-refractivity contribution in [3.63, 3.8) is 0 Å². The van der Waals surface area contributed by atoms with Crippen LogP contribution in [0.1, 0.15) is 69.8 Å². The Morgan fingerprint density at radius 2 is 1.53 bits per heavy atom. The van der Waals surface area contributed by atoms with Crippen molar-refractivity contribution in [3.8, 4) is 0 Å². The van der Waals surface area contributed by atoms with E-state index >= 15 is 0 Å². The number of carbonyl (C=O) groups excluding carboxylic acids is 1. The Balaban J connectivity index is 1.36. The van der Waals surface area contributed by atoms with Gasteiger partial charge in [0, 0.05) is 24.8 Å². The number of nitrogens with zero attached hydrogens (tertiary/aromatic N) is 3. The first-order valence-corrected chi connectivity index (χ1v) is 12.5. The number of aliphatic imine (C=N–C) groups is 1. The summed E-state index contributed by atoms with van der Waals surface area (Å²) >= 11 is 0. The van der Waals surface area contributed by atoms with Crippen LogP contribution in [-0.4, -0.2) is 55.2 Å². The molecule has 4 aliphatic rings. The van der Waals surface area contributed by atoms with Crippen LogP contribution in [0.3, 0.4) is 0 Å². The summed E-state index contributed by atoms with van der Waals surface area (Å²) in [4.78, 5) is 22.6. The van der Waals surface area contributed by atoms with Gasteiger partial charge in [0.25, 0.3) is 5.91 Å². The van der Waals surface area contributed by atoms with Gasteiger partial charge in [0.1, 0.15) is 0 Å². The van der Waals surface area contributed by atoms with Gasteiger partial charge in [-0.3, -0.25) is 9.69 Å². The third kappa shape index (κ3) is 4.85. The molecule has 172 valence electrons. The van der Waals surface area contributed by atoms with Crippen LogP contribution in [0.2, 0.25) is 0 Å². The highest BCUT2D eigenvalue weighted by Gasteiger charge is 2.40. The van der Waals surface area contributed by atoms with E-state index in [1.807, 2.05) is 11.0 Å². The van der Waals surface area contributed by atoms with Crippen LogP contribution in [0.4, 0.5) is 5.69 Å². The fourth-order valence-electron chi connectivity index (χ4n) is 5.36. The average molecular weight is 438 g/mol. The van der Waals surface area contributed by atoms with E-state index in [-0.39, 0.29) is 18.0 Å². The average Bonchev–Trinajstić information content (AvgIpc) is 3.15. The molecule has 2 aliphatic heterocycles. The first kappa shape index (κ1) is 21.5. The van der Waals surface area contributed by atoms with E-state index in [0.717, 1.165) is 57.6 Å². The van der Waals surface area contributed by atoms with Crippen molar-refractivity contribution in [2.75, 3.05) is 31.2 Å². The lowest BCUT2D eigenvalue weighted by molar-refractivity contribution is -0.124. The van der Waals surface area contributed by atoms with E-state index in [0.29, 0.717) is 11.8 Å². The number of hydrogen-bond donors (Lipinski definition) is 0. The highest BCUT2D eigenvalue weighted by molar-refractivity contribution is 6.11. The lowest BCUT2D eigenvalue weighted by atomic mass is 9.94. The zero-order chi connectivity index (χ0) is 21.8. The fraction of sp³-hybridized carbons (Fsp3) is 0.615. The van der Waals surface area contributed by atoms with Gasteiger partial charge in [-0.15, -0.1) is 0 Å². The predicted molar refractivity (Wildman–Crippen MR) is 127 cm³/mol. The highest BCUT2D eigenvalue weighted by atomic mass is 16.5. The molecule has 2 saturated carbocycles. The Morgan fingerprint density at radius 1 is 0.875 bits per heavy atom. The highest BCUT2D eigenvalue weighted by Crippen LogP contribution is 2.31. The molecule has 32 heavy (non-hydrogen) atoms. The molecule has 0 atom stereocenters. The number of rotatable bonds is 4. The normalized spacial score (nSPS) is 26.2. The summed E-state index contributed by atoms with van der Waals surface area (Å²) in [5, 5.41) is 0. The van der Waals surface area contributed by atoms with Crippen molar-refractivity contribution in [2.24, 2.45) is 4.99 Å². The van der Waals surface area contributed by atoms with Gasteiger partial charge in [0.2, 0.25) is 0 Å². The van der Waals surface area contributed by atoms with Gasteiger partial charge in [0.15, 0.2) is 5.76 Å². The number of morpholine rings is 1. The quantitative estimate of drug-likeness (QED) is 0.638. The summed E-state index contributed by atoms with van der Waals surface area (Å²) in [7, 11) is 0. The van der Waals surface area contributed by atoms with E-state index in [9.17, 15) is 4.79 Å². The molecule has 0 aromatic heterocycles. The lowest BCUT2D eigenvalue weighted by Crippen LogP contribution is -2.41. The smallest absolute Gasteiger partial charge is 0.300 e. The molecular weight excluding hydrogens is 402 g/mol. The number of amides is 1. The van der Waals surface area contributed by atoms with Gasteiger partial charge < -0.3 is 14.4 Å². The van der Waals surface area contributed by atoms with Crippen molar-refractivity contribution >= 4 is 23.7 Å². The van der Waals surface area contributed by atoms with E-state index < -0.39 is 0 Å². The first-order chi connectivity index (χ1) is 15.8. The molecule has 1 aromatic carbocycles. The summed E-state index contributed by atoms with van der Waals surface area (Å²) in [6.45, 7) is 3.38. The van der Waals surface area contributed by atoms with Crippen molar-refractivity contribution in [1.82, 2.24) is 4.90 Å². The van der Waals surface area contributed by atoms with E-state index in [1.165, 1.54) is 44.2 Å². The first-order valence-electron chi connectivity index (χ1n) is 12.5. The molecule has 5 rings (SSSR count). The van der Waals surface area contributed by atoms with Gasteiger partial charge in [-0.1, -0.05) is 50.7 Å². The van der Waals surface area contributed by atoms with E-state index in [4.69, 9.17) is 14.5 Å². The van der Waals surface area contributed by atoms with Crippen LogP contribution in [0.5, 0.6) is 0 Å². The van der Waals surface area contributed by atoms with Crippen LogP contribution < -0.4 is 4.90 Å². The number of ether oxygens (including phenoxy) is 2. The topological polar surface area (TPSA) is 54.4 Å². The molecule has 0 unspecified atom stereocenters. The summed E-state index contributed by atoms with van der Waals surface area (Å²) < 4.78 is 11.6. The van der Waals surface area contributed by atoms with Crippen LogP contribution >= 0.6 is 0 Å². The number of carbonyl (C=O) groups is 1. The van der Waals surface area contributed by atoms with Crippen molar-refractivity contribution in [1.29, 1.82) is 0 Å². The molecule has 0 radical (unpaired) electrons. The maximum absolute atomic E-state index is 13.4. The third-order valence-corrected chi connectivity index (χ3v) is 7.21. The molecule has 1 aromatic rings. The van der Waals surface area contributed by atoms with Gasteiger partial charge in [-0.25, -0.2) is 4.99 Å². The monoisotopic (exact) mass is 437 g/mol. The summed E-state index contributed by atoms with van der Waals surface area (Å²) in [6.07, 6.45) is 13.5. The maximum Gasteiger partial charge on any atom is 0.300 e. The Morgan fingerprint density at radius 3 is 2.22 bits per heavy atom. The molecule has 1 amide bonds. The third-order valence-electron chi connectivity index (χ3n) is 7.21. The fourth-order valence-corrected chi connectivity index (χ4v) is 5.36. The molecule has 6 heteroatoms. The molecule has 0 N–H and O–H groups in total. The second-order valence-electron chi connectivity index (χ2n) is 9.47. The second-order valence-corrected chi connectivity index (χ2v) is 9.47. The summed E-state index contributed by atoms with van der Waals surface area (Å²) in [5.74, 6) is 0.382. The van der Waals surface area contributed by atoms with Crippen LogP contribution in [-0.2, 0) is 14.3 Å². The number of amidine groups is 1. The molecule has 4 fully saturated rings. The minimum absolute atomic E-state index is 0.0243. The predicted octanol–water partition coefficient (Wildman–Crippen LogP) is 4.74. The number of anilines is 1. The Hall–Kier alpha value is -2.34. The van der Waals surface area contributed by atoms with Crippen LogP contribution in [0.15, 0.2) is 35.0 Å². The van der Waals surface area contributed by atoms with E-state index in [1.54, 1.807) is 0 Å². The van der Waals surface area contributed by atoms with Crippen molar-refractivity contribution < 1.29 is 14.3 Å². The minimum Gasteiger partial charge on any atom is -0.420 e. The lowest BCUT2D eigenvalue weighted by Gasteiger charge is -2.29. The Labute approximate surface area is 191 Å². The van der Waals surface area contributed by atoms with Crippen LogP contribution in [0, 0.1) is 0 Å². The molecule has 0 spiro atoms. The Bertz CT molecular complexity index is 846. The summed E-state index contributed by atoms with van der Waals surface area (Å²) in [6, 6.07) is 9.41. The summed E-state index contributed by atoms with van der Waals surface area (Å²) in [5.41, 5.74) is 2.17. The maximum atomic E-state index is 13.4. The molecule has 2 saturated heterocycles. The van der Waals surface area contributed by atoms with Gasteiger partial charge in [0.05, 0.1) is 19.3 Å². The van der Waals surface area contributed by atoms with E-state index in [2.05, 4.69) is 29.2 Å². The molecular formula is C26H35N3O3. The molecule has 0 bridgehead atoms. The molecule has 6 nitrogen and oxygen atoms in total. The SMILES string of the molecule is O=C1C(=Cc2ccc(N3CCOCC3)cc2)OC(=NC2CCCCC2)N1C1CCCCC1. The Kier molecular flexibility index (Phi) is 6.77. The zero-order valence-corrected chi connectivity index (χ0v) is 19.0. The second kappa shape index (κ2) is 10.1.